The number of hydrogen-bond donors (Lipinski definition) is 2. The number of benzene rings is 1. The maximum absolute atomic E-state index is 12.8. The third kappa shape index (κ3) is 5.04. The van der Waals surface area contributed by atoms with Crippen molar-refractivity contribution in [2.75, 3.05) is 0 Å². The van der Waals surface area contributed by atoms with E-state index in [1.54, 1.807) is 18.2 Å². The van der Waals surface area contributed by atoms with E-state index >= 15 is 0 Å². The third-order valence-electron chi connectivity index (χ3n) is 5.39. The van der Waals surface area contributed by atoms with Crippen molar-refractivity contribution in [3.8, 4) is 16.5 Å². The highest BCUT2D eigenvalue weighted by molar-refractivity contribution is 7.18. The molecule has 180 valence electrons. The van der Waals surface area contributed by atoms with Crippen LogP contribution >= 0.6 is 22.7 Å². The van der Waals surface area contributed by atoms with Gasteiger partial charge in [-0.05, 0) is 42.7 Å². The maximum atomic E-state index is 12.8. The Morgan fingerprint density at radius 3 is 2.71 bits per heavy atom. The Morgan fingerprint density at radius 2 is 2.00 bits per heavy atom. The summed E-state index contributed by atoms with van der Waals surface area (Å²) in [6, 6.07) is 10.3. The van der Waals surface area contributed by atoms with Crippen LogP contribution in [-0.4, -0.2) is 37.9 Å². The van der Waals surface area contributed by atoms with Crippen molar-refractivity contribution in [2.24, 2.45) is 0 Å². The van der Waals surface area contributed by atoms with Crippen molar-refractivity contribution in [3.05, 3.63) is 52.0 Å². The van der Waals surface area contributed by atoms with Crippen LogP contribution in [0.1, 0.15) is 40.6 Å². The number of amides is 1. The first-order valence-electron chi connectivity index (χ1n) is 10.4. The smallest absolute Gasteiger partial charge is 0.419 e. The molecule has 8 nitrogen and oxygen atoms in total. The number of nitriles is 1. The van der Waals surface area contributed by atoms with Gasteiger partial charge in [-0.1, -0.05) is 6.07 Å². The average Bonchev–Trinajstić information content (AvgIpc) is 3.15. The molecule has 1 unspecified atom stereocenters. The fraction of sp³-hybridized carbons (Fsp3) is 0.318. The van der Waals surface area contributed by atoms with Crippen molar-refractivity contribution in [3.63, 3.8) is 0 Å². The summed E-state index contributed by atoms with van der Waals surface area (Å²) >= 11 is 2.27. The monoisotopic (exact) mass is 519 g/mol. The Balaban J connectivity index is 1.27. The second-order valence-corrected chi connectivity index (χ2v) is 10.4. The highest BCUT2D eigenvalue weighted by Gasteiger charge is 2.44. The molecule has 0 bridgehead atoms. The molecule has 4 aromatic rings. The van der Waals surface area contributed by atoms with Gasteiger partial charge >= 0.3 is 6.18 Å². The lowest BCUT2D eigenvalue weighted by Crippen LogP contribution is -2.36. The van der Waals surface area contributed by atoms with E-state index in [0.29, 0.717) is 28.2 Å². The van der Waals surface area contributed by atoms with Crippen LogP contribution in [0.25, 0.3) is 20.7 Å². The van der Waals surface area contributed by atoms with Gasteiger partial charge in [0.2, 0.25) is 17.7 Å². The Labute approximate surface area is 204 Å². The lowest BCUT2D eigenvalue weighted by molar-refractivity contribution is -0.205. The minimum atomic E-state index is -4.72. The summed E-state index contributed by atoms with van der Waals surface area (Å²) in [6.45, 7) is 0. The van der Waals surface area contributed by atoms with Crippen LogP contribution in [0.15, 0.2) is 34.7 Å². The highest BCUT2D eigenvalue weighted by atomic mass is 32.1. The van der Waals surface area contributed by atoms with Gasteiger partial charge in [-0.15, -0.1) is 32.9 Å². The van der Waals surface area contributed by atoms with E-state index in [1.165, 1.54) is 17.4 Å². The van der Waals surface area contributed by atoms with Crippen LogP contribution in [0, 0.1) is 11.3 Å². The highest BCUT2D eigenvalue weighted by Crippen LogP contribution is 2.40. The molecular weight excluding hydrogens is 503 g/mol. The molecule has 0 radical (unpaired) electrons. The molecule has 1 fully saturated rings. The molecule has 1 aromatic carbocycles. The first-order valence-corrected chi connectivity index (χ1v) is 12.1. The predicted molar refractivity (Wildman–Crippen MR) is 120 cm³/mol. The second kappa shape index (κ2) is 8.71. The number of aliphatic hydroxyl groups is 1. The molecule has 0 spiro atoms. The number of rotatable bonds is 7. The molecule has 1 aliphatic carbocycles. The summed E-state index contributed by atoms with van der Waals surface area (Å²) in [5, 5.41) is 29.7. The lowest BCUT2D eigenvalue weighted by atomic mass is 10.2. The van der Waals surface area contributed by atoms with Gasteiger partial charge in [0.05, 0.1) is 22.7 Å². The van der Waals surface area contributed by atoms with Crippen molar-refractivity contribution in [2.45, 2.75) is 43.5 Å². The number of nitrogens with one attached hydrogen (secondary N) is 1. The van der Waals surface area contributed by atoms with Crippen molar-refractivity contribution >= 4 is 38.8 Å². The number of thiazole rings is 1. The zero-order valence-corrected chi connectivity index (χ0v) is 19.4. The van der Waals surface area contributed by atoms with Gasteiger partial charge in [0.25, 0.3) is 0 Å². The number of halogens is 3. The number of aromatic nitrogens is 3. The van der Waals surface area contributed by atoms with Crippen LogP contribution in [0.5, 0.6) is 0 Å². The zero-order valence-electron chi connectivity index (χ0n) is 17.8. The molecule has 35 heavy (non-hydrogen) atoms. The quantitative estimate of drug-likeness (QED) is 0.373. The summed E-state index contributed by atoms with van der Waals surface area (Å²) in [7, 11) is 0. The van der Waals surface area contributed by atoms with Crippen LogP contribution in [0.3, 0.4) is 0 Å². The van der Waals surface area contributed by atoms with E-state index in [-0.39, 0.29) is 35.4 Å². The summed E-state index contributed by atoms with van der Waals surface area (Å²) < 4.78 is 44.7. The van der Waals surface area contributed by atoms with Gasteiger partial charge in [0, 0.05) is 9.75 Å². The van der Waals surface area contributed by atoms with Gasteiger partial charge in [-0.2, -0.15) is 18.4 Å². The molecule has 1 aliphatic rings. The predicted octanol–water partition coefficient (Wildman–Crippen LogP) is 4.31. The second-order valence-electron chi connectivity index (χ2n) is 8.12. The number of alkyl halides is 3. The molecule has 0 aliphatic heterocycles. The fourth-order valence-corrected chi connectivity index (χ4v) is 5.43. The van der Waals surface area contributed by atoms with Gasteiger partial charge < -0.3 is 14.8 Å². The van der Waals surface area contributed by atoms with Gasteiger partial charge in [0.1, 0.15) is 17.0 Å². The van der Waals surface area contributed by atoms with E-state index in [9.17, 15) is 23.1 Å². The summed E-state index contributed by atoms with van der Waals surface area (Å²) in [6.07, 6.45) is -5.82. The average molecular weight is 520 g/mol. The molecule has 3 heterocycles. The molecule has 0 saturated heterocycles. The summed E-state index contributed by atoms with van der Waals surface area (Å²) in [5.74, 6) is 0.0768. The zero-order chi connectivity index (χ0) is 24.8. The first kappa shape index (κ1) is 23.4. The Morgan fingerprint density at radius 1 is 1.23 bits per heavy atom. The SMILES string of the molecule is N#CC1(NC(=O)Cc2nnc(Cc3nc4ccc(-c5ccc(C(O)C(F)(F)F)s5)cc4s3)o2)CC1. The Hall–Kier alpha value is -3.34. The minimum absolute atomic E-state index is 0.120. The Bertz CT molecular complexity index is 1450. The number of fused-ring (bicyclic) bond motifs is 1. The minimum Gasteiger partial charge on any atom is -0.424 e. The number of nitrogens with zero attached hydrogens (tertiary/aromatic N) is 4. The molecule has 5 rings (SSSR count). The molecule has 1 atom stereocenters. The van der Waals surface area contributed by atoms with Crippen LogP contribution in [0.2, 0.25) is 0 Å². The Kier molecular flexibility index (Phi) is 5.82. The molecule has 2 N–H and O–H groups in total. The first-order chi connectivity index (χ1) is 16.6. The number of carbonyl (C=O) groups is 1. The molecular formula is C22H16F3N5O3S2. The van der Waals surface area contributed by atoms with Gasteiger partial charge in [-0.3, -0.25) is 4.79 Å². The van der Waals surface area contributed by atoms with Crippen molar-refractivity contribution in [1.29, 1.82) is 5.26 Å². The van der Waals surface area contributed by atoms with E-state index in [2.05, 4.69) is 26.6 Å². The van der Waals surface area contributed by atoms with Gasteiger partial charge in [-0.25, -0.2) is 4.98 Å². The lowest BCUT2D eigenvalue weighted by Gasteiger charge is -2.12. The molecule has 1 amide bonds. The summed E-state index contributed by atoms with van der Waals surface area (Å²) in [5.41, 5.74) is 0.671. The van der Waals surface area contributed by atoms with E-state index in [1.807, 2.05) is 6.07 Å². The molecule has 1 saturated carbocycles. The van der Waals surface area contributed by atoms with Crippen LogP contribution < -0.4 is 5.32 Å². The normalized spacial score (nSPS) is 15.6. The molecule has 3 aromatic heterocycles. The van der Waals surface area contributed by atoms with Gasteiger partial charge in [0.15, 0.2) is 6.10 Å². The molecule has 13 heteroatoms. The number of carbonyl (C=O) groups excluding carboxylic acids is 1. The van der Waals surface area contributed by atoms with E-state index in [4.69, 9.17) is 9.68 Å². The fourth-order valence-electron chi connectivity index (χ4n) is 3.42. The summed E-state index contributed by atoms with van der Waals surface area (Å²) in [4.78, 5) is 17.0. The maximum Gasteiger partial charge on any atom is 0.419 e. The van der Waals surface area contributed by atoms with Crippen molar-refractivity contribution in [1.82, 2.24) is 20.5 Å². The number of thiophene rings is 1. The van der Waals surface area contributed by atoms with E-state index in [0.717, 1.165) is 21.6 Å². The number of hydrogen-bond acceptors (Lipinski definition) is 9. The number of aliphatic hydroxyl groups excluding tert-OH is 1. The van der Waals surface area contributed by atoms with Crippen LogP contribution in [0.4, 0.5) is 13.2 Å². The van der Waals surface area contributed by atoms with E-state index < -0.39 is 17.8 Å². The largest absolute Gasteiger partial charge is 0.424 e. The standard InChI is InChI=1S/C22H16F3N5O3S2/c23-22(24,25)20(32)14-4-3-13(34-14)11-1-2-12-15(7-11)35-19(27-12)9-18-30-29-17(33-18)8-16(31)28-21(10-26)5-6-21/h1-4,7,20,32H,5-6,8-9H2,(H,28,31). The van der Waals surface area contributed by atoms with Crippen LogP contribution in [-0.2, 0) is 17.6 Å². The third-order valence-corrected chi connectivity index (χ3v) is 7.59. The van der Waals surface area contributed by atoms with Crippen molar-refractivity contribution < 1.29 is 27.5 Å². The topological polar surface area (TPSA) is 125 Å².